The van der Waals surface area contributed by atoms with Gasteiger partial charge in [0.05, 0.1) is 13.2 Å². The lowest BCUT2D eigenvalue weighted by atomic mass is 9.92. The van der Waals surface area contributed by atoms with E-state index in [1.54, 1.807) is 18.9 Å². The van der Waals surface area contributed by atoms with Crippen LogP contribution in [0.4, 0.5) is 9.18 Å². The van der Waals surface area contributed by atoms with Crippen molar-refractivity contribution < 1.29 is 23.5 Å². The number of urea groups is 1. The van der Waals surface area contributed by atoms with Gasteiger partial charge in [0.25, 0.3) is 5.91 Å². The summed E-state index contributed by atoms with van der Waals surface area (Å²) in [5.74, 6) is -0.517. The minimum Gasteiger partial charge on any atom is -0.497 e. The molecule has 7 nitrogen and oxygen atoms in total. The van der Waals surface area contributed by atoms with Crippen LogP contribution in [0.1, 0.15) is 36.9 Å². The summed E-state index contributed by atoms with van der Waals surface area (Å²) in [5.41, 5.74) is 0.102. The Morgan fingerprint density at radius 1 is 1.16 bits per heavy atom. The van der Waals surface area contributed by atoms with Crippen LogP contribution in [-0.2, 0) is 15.1 Å². The van der Waals surface area contributed by atoms with Gasteiger partial charge in [-0.05, 0) is 55.2 Å². The van der Waals surface area contributed by atoms with E-state index in [0.29, 0.717) is 12.1 Å². The summed E-state index contributed by atoms with van der Waals surface area (Å²) in [6.45, 7) is 1.78. The third-order valence-electron chi connectivity index (χ3n) is 6.06. The molecule has 2 aliphatic heterocycles. The van der Waals surface area contributed by atoms with E-state index >= 15 is 0 Å². The molecule has 2 atom stereocenters. The number of ether oxygens (including phenoxy) is 1. The maximum absolute atomic E-state index is 13.3. The molecule has 31 heavy (non-hydrogen) atoms. The molecule has 0 aromatic heterocycles. The summed E-state index contributed by atoms with van der Waals surface area (Å²) >= 11 is 0. The van der Waals surface area contributed by atoms with Crippen LogP contribution in [0, 0.1) is 5.82 Å². The van der Waals surface area contributed by atoms with Gasteiger partial charge in [-0.25, -0.2) is 9.18 Å². The zero-order valence-electron chi connectivity index (χ0n) is 17.4. The summed E-state index contributed by atoms with van der Waals surface area (Å²) in [6, 6.07) is 12.2. The second-order valence-corrected chi connectivity index (χ2v) is 7.97. The van der Waals surface area contributed by atoms with Gasteiger partial charge in [-0.3, -0.25) is 14.5 Å². The first-order valence-electron chi connectivity index (χ1n) is 10.2. The highest BCUT2D eigenvalue weighted by Gasteiger charge is 2.50. The number of methoxy groups -OCH3 is 1. The van der Waals surface area contributed by atoms with E-state index in [9.17, 15) is 18.8 Å². The van der Waals surface area contributed by atoms with Gasteiger partial charge in [-0.2, -0.15) is 0 Å². The van der Waals surface area contributed by atoms with Crippen molar-refractivity contribution in [2.45, 2.75) is 31.3 Å². The number of imide groups is 1. The first-order chi connectivity index (χ1) is 14.8. The van der Waals surface area contributed by atoms with Crippen LogP contribution in [0.5, 0.6) is 5.75 Å². The molecule has 162 valence electrons. The molecule has 2 aromatic carbocycles. The number of nitrogens with zero attached hydrogens (tertiary/aromatic N) is 2. The Bertz CT molecular complexity index is 1010. The van der Waals surface area contributed by atoms with E-state index in [1.165, 1.54) is 24.3 Å². The van der Waals surface area contributed by atoms with Gasteiger partial charge in [0.2, 0.25) is 5.91 Å². The van der Waals surface area contributed by atoms with Gasteiger partial charge in [-0.1, -0.05) is 24.3 Å². The van der Waals surface area contributed by atoms with Crippen molar-refractivity contribution in [2.75, 3.05) is 20.2 Å². The summed E-state index contributed by atoms with van der Waals surface area (Å²) < 4.78 is 18.5. The van der Waals surface area contributed by atoms with Crippen LogP contribution in [-0.4, -0.2) is 47.8 Å². The maximum Gasteiger partial charge on any atom is 0.325 e. The monoisotopic (exact) mass is 425 g/mol. The fraction of sp³-hybridized carbons (Fsp3) is 0.348. The Kier molecular flexibility index (Phi) is 5.39. The van der Waals surface area contributed by atoms with Crippen LogP contribution in [0.2, 0.25) is 0 Å². The maximum atomic E-state index is 13.3. The van der Waals surface area contributed by atoms with Crippen molar-refractivity contribution in [1.29, 1.82) is 0 Å². The fourth-order valence-electron chi connectivity index (χ4n) is 4.28. The molecule has 0 saturated carbocycles. The zero-order valence-corrected chi connectivity index (χ0v) is 17.4. The molecule has 0 radical (unpaired) electrons. The Morgan fingerprint density at radius 3 is 2.48 bits per heavy atom. The predicted octanol–water partition coefficient (Wildman–Crippen LogP) is 2.97. The average molecular weight is 425 g/mol. The lowest BCUT2D eigenvalue weighted by molar-refractivity contribution is -0.139. The smallest absolute Gasteiger partial charge is 0.325 e. The van der Waals surface area contributed by atoms with E-state index < -0.39 is 23.3 Å². The number of rotatable bonds is 5. The van der Waals surface area contributed by atoms with Crippen LogP contribution in [0.25, 0.3) is 0 Å². The number of hydrogen-bond acceptors (Lipinski definition) is 4. The number of carbonyl (C=O) groups excluding carboxylic acids is 3. The van der Waals surface area contributed by atoms with Gasteiger partial charge in [-0.15, -0.1) is 0 Å². The van der Waals surface area contributed by atoms with Crippen molar-refractivity contribution in [3.63, 3.8) is 0 Å². The first-order valence-corrected chi connectivity index (χ1v) is 10.2. The molecule has 1 N–H and O–H groups in total. The molecule has 4 rings (SSSR count). The van der Waals surface area contributed by atoms with E-state index in [-0.39, 0.29) is 18.5 Å². The Hall–Kier alpha value is -3.42. The number of amides is 4. The lowest BCUT2D eigenvalue weighted by Gasteiger charge is -2.27. The van der Waals surface area contributed by atoms with Crippen molar-refractivity contribution in [1.82, 2.24) is 15.1 Å². The highest BCUT2D eigenvalue weighted by atomic mass is 19.1. The topological polar surface area (TPSA) is 79.0 Å². The second-order valence-electron chi connectivity index (χ2n) is 7.97. The standard InChI is InChI=1S/C23H24FN3O4/c1-23(16-7-9-17(24)10-8-16)21(29)27(22(30)25-23)14-20(28)26-13-3-4-19(26)15-5-11-18(31-2)12-6-15/h5-12,19H,3-4,13-14H2,1-2H3,(H,25,30)/t19-,23-/m1/s1. The van der Waals surface area contributed by atoms with E-state index in [1.807, 2.05) is 24.3 Å². The Balaban J connectivity index is 1.50. The number of benzene rings is 2. The van der Waals surface area contributed by atoms with Gasteiger partial charge >= 0.3 is 6.03 Å². The van der Waals surface area contributed by atoms with Crippen LogP contribution >= 0.6 is 0 Å². The zero-order chi connectivity index (χ0) is 22.2. The molecule has 2 saturated heterocycles. The van der Waals surface area contributed by atoms with Crippen LogP contribution in [0.3, 0.4) is 0 Å². The van der Waals surface area contributed by atoms with Crippen molar-refractivity contribution in [3.8, 4) is 5.75 Å². The minimum atomic E-state index is -1.34. The third kappa shape index (κ3) is 3.73. The van der Waals surface area contributed by atoms with Gasteiger partial charge in [0.15, 0.2) is 0 Å². The summed E-state index contributed by atoms with van der Waals surface area (Å²) in [7, 11) is 1.60. The number of likely N-dealkylation sites (tertiary alicyclic amines) is 1. The third-order valence-corrected chi connectivity index (χ3v) is 6.06. The molecule has 0 unspecified atom stereocenters. The van der Waals surface area contributed by atoms with Gasteiger partial charge in [0.1, 0.15) is 23.7 Å². The molecule has 0 bridgehead atoms. The minimum absolute atomic E-state index is 0.109. The lowest BCUT2D eigenvalue weighted by Crippen LogP contribution is -2.44. The molecular weight excluding hydrogens is 401 g/mol. The second kappa shape index (κ2) is 8.02. The molecular formula is C23H24FN3O4. The highest BCUT2D eigenvalue weighted by Crippen LogP contribution is 2.34. The SMILES string of the molecule is COc1ccc([C@H]2CCCN2C(=O)CN2C(=O)N[C@](C)(c3ccc(F)cc3)C2=O)cc1. The largest absolute Gasteiger partial charge is 0.497 e. The molecule has 2 aromatic rings. The average Bonchev–Trinajstić information content (AvgIpc) is 3.34. The molecule has 2 fully saturated rings. The van der Waals surface area contributed by atoms with Gasteiger partial charge in [0, 0.05) is 6.54 Å². The van der Waals surface area contributed by atoms with E-state index in [2.05, 4.69) is 5.32 Å². The molecule has 8 heteroatoms. The Morgan fingerprint density at radius 2 is 1.84 bits per heavy atom. The van der Waals surface area contributed by atoms with E-state index in [4.69, 9.17) is 4.74 Å². The summed E-state index contributed by atoms with van der Waals surface area (Å²) in [4.78, 5) is 41.3. The molecule has 4 amide bonds. The van der Waals surface area contributed by atoms with Crippen LogP contribution in [0.15, 0.2) is 48.5 Å². The van der Waals surface area contributed by atoms with Crippen molar-refractivity contribution in [2.24, 2.45) is 0 Å². The molecule has 0 aliphatic carbocycles. The molecule has 2 aliphatic rings. The normalized spacial score (nSPS) is 23.3. The summed E-state index contributed by atoms with van der Waals surface area (Å²) in [6.07, 6.45) is 1.65. The van der Waals surface area contributed by atoms with Gasteiger partial charge < -0.3 is 15.0 Å². The number of nitrogens with one attached hydrogen (secondary N) is 1. The van der Waals surface area contributed by atoms with E-state index in [0.717, 1.165) is 29.1 Å². The number of hydrogen-bond donors (Lipinski definition) is 1. The Labute approximate surface area is 179 Å². The molecule has 0 spiro atoms. The van der Waals surface area contributed by atoms with Crippen molar-refractivity contribution in [3.05, 3.63) is 65.5 Å². The molecule has 2 heterocycles. The predicted molar refractivity (Wildman–Crippen MR) is 111 cm³/mol. The fourth-order valence-corrected chi connectivity index (χ4v) is 4.28. The van der Waals surface area contributed by atoms with Crippen LogP contribution < -0.4 is 10.1 Å². The first kappa shape index (κ1) is 20.8. The number of carbonyl (C=O) groups is 3. The number of halogens is 1. The highest BCUT2D eigenvalue weighted by molar-refractivity contribution is 6.09. The summed E-state index contributed by atoms with van der Waals surface area (Å²) in [5, 5.41) is 2.65. The quantitative estimate of drug-likeness (QED) is 0.747. The van der Waals surface area contributed by atoms with Crippen molar-refractivity contribution >= 4 is 17.8 Å².